The minimum Gasteiger partial charge on any atom is -0.453 e. The lowest BCUT2D eigenvalue weighted by Crippen LogP contribution is -2.53. The first-order valence-electron chi connectivity index (χ1n) is 20.7. The summed E-state index contributed by atoms with van der Waals surface area (Å²) in [6.07, 6.45) is 1.73. The molecule has 4 atom stereocenters. The second-order valence-electron chi connectivity index (χ2n) is 17.0. The van der Waals surface area contributed by atoms with Crippen molar-refractivity contribution in [3.63, 3.8) is 0 Å². The van der Waals surface area contributed by atoms with E-state index in [1.165, 1.54) is 25.4 Å². The van der Waals surface area contributed by atoms with Crippen molar-refractivity contribution in [2.24, 2.45) is 17.3 Å². The molecule has 0 aromatic carbocycles. The van der Waals surface area contributed by atoms with Crippen molar-refractivity contribution < 1.29 is 51.0 Å². The van der Waals surface area contributed by atoms with E-state index < -0.39 is 54.2 Å². The highest BCUT2D eigenvalue weighted by molar-refractivity contribution is 5.95. The molecule has 4 unspecified atom stereocenters. The predicted octanol–water partition coefficient (Wildman–Crippen LogP) is 6.39. The second kappa shape index (κ2) is 19.7. The van der Waals surface area contributed by atoms with Crippen molar-refractivity contribution in [3.05, 3.63) is 82.5 Å². The smallest absolute Gasteiger partial charge is 0.453 e. The summed E-state index contributed by atoms with van der Waals surface area (Å²) in [5, 5.41) is 11.0. The van der Waals surface area contributed by atoms with Crippen LogP contribution < -0.4 is 21.3 Å². The molecule has 62 heavy (non-hydrogen) atoms. The number of rotatable bonds is 13. The predicted molar refractivity (Wildman–Crippen MR) is 219 cm³/mol. The molecule has 0 spiro atoms. The second-order valence-corrected chi connectivity index (χ2v) is 17.0. The number of alkyl carbamates (subject to hydrolysis) is 1. The zero-order valence-corrected chi connectivity index (χ0v) is 35.4. The van der Waals surface area contributed by atoms with Crippen LogP contribution in [0.5, 0.6) is 0 Å². The maximum Gasteiger partial charge on any atom is 0.523 e. The number of carbonyl (C=O) groups is 4. The van der Waals surface area contributed by atoms with Gasteiger partial charge < -0.3 is 40.6 Å². The van der Waals surface area contributed by atoms with E-state index in [1.54, 1.807) is 44.0 Å². The van der Waals surface area contributed by atoms with E-state index in [1.807, 2.05) is 6.92 Å². The number of alkyl halides is 3. The third-order valence-electron chi connectivity index (χ3n) is 11.3. The molecule has 0 saturated carbocycles. The number of imidazole rings is 1. The Kier molecular flexibility index (Phi) is 14.6. The zero-order chi connectivity index (χ0) is 44.8. The molecule has 4 aliphatic rings. The molecule has 2 aliphatic heterocycles. The standard InChI is InChI=1S/C43H54F4N8O7/c1-24-18-33(55(23-24)39(57)36(54-41(59)60-5)27-12-16-61-17-13-27)37-51-22-32(52-37)26-8-6-25(7-9-26)29-19-30(44)31(20-34(29)62-43(45,46)47)53-38(56)28-10-11-35(50-21-28)48-14-15-49-40(58)42(2,3)4/h6,8,10-11,19,21-22,24,27,33-34,36H,7,9,12-18,20,23H2,1-5H3,(H,48,50)(H,49,58)(H,51,52)(H,53,56)(H,54,59). The van der Waals surface area contributed by atoms with Crippen molar-refractivity contribution >= 4 is 35.2 Å². The van der Waals surface area contributed by atoms with E-state index in [9.17, 15) is 32.3 Å². The van der Waals surface area contributed by atoms with Crippen LogP contribution >= 0.6 is 0 Å². The minimum absolute atomic E-state index is 0.00273. The van der Waals surface area contributed by atoms with Gasteiger partial charge in [0.1, 0.15) is 23.5 Å². The van der Waals surface area contributed by atoms with Crippen molar-refractivity contribution in [1.29, 1.82) is 0 Å². The number of carbonyl (C=O) groups excluding carboxylic acids is 4. The van der Waals surface area contributed by atoms with Crippen molar-refractivity contribution in [2.75, 3.05) is 45.3 Å². The van der Waals surface area contributed by atoms with Crippen LogP contribution in [0.2, 0.25) is 0 Å². The SMILES string of the molecule is COC(=O)NC(C(=O)N1CC(C)CC1c1ncc(C2=CC=C(C3=CC(F)=C(NC(=O)c4ccc(NCCNC(=O)C(C)(C)C)nc4)CC3OC(F)(F)F)CC2)[nH]1)C1CCOCC1. The van der Waals surface area contributed by atoms with Gasteiger partial charge in [-0.15, -0.1) is 13.2 Å². The van der Waals surface area contributed by atoms with E-state index in [4.69, 9.17) is 9.47 Å². The lowest BCUT2D eigenvalue weighted by molar-refractivity contribution is -0.337. The molecule has 5 N–H and O–H groups in total. The number of aromatic nitrogens is 3. The van der Waals surface area contributed by atoms with Gasteiger partial charge in [-0.25, -0.2) is 19.2 Å². The Morgan fingerprint density at radius 1 is 1.02 bits per heavy atom. The van der Waals surface area contributed by atoms with Gasteiger partial charge in [0.15, 0.2) is 0 Å². The summed E-state index contributed by atoms with van der Waals surface area (Å²) in [6, 6.07) is 1.76. The number of hydrogen-bond donors (Lipinski definition) is 5. The fraction of sp³-hybridized carbons (Fsp3) is 0.535. The van der Waals surface area contributed by atoms with E-state index >= 15 is 4.39 Å². The van der Waals surface area contributed by atoms with Crippen molar-refractivity contribution in [2.45, 2.75) is 90.8 Å². The molecule has 15 nitrogen and oxygen atoms in total. The van der Waals surface area contributed by atoms with Gasteiger partial charge in [0, 0.05) is 50.9 Å². The molecule has 0 bridgehead atoms. The summed E-state index contributed by atoms with van der Waals surface area (Å²) in [5.74, 6) is -1.000. The number of allylic oxidation sites excluding steroid dienone is 5. The molecule has 2 saturated heterocycles. The Hall–Kier alpha value is -5.56. The Bertz CT molecular complexity index is 2100. The first-order valence-corrected chi connectivity index (χ1v) is 20.7. The van der Waals surface area contributed by atoms with E-state index in [0.29, 0.717) is 81.4 Å². The van der Waals surface area contributed by atoms with E-state index in [2.05, 4.69) is 41.0 Å². The number of methoxy groups -OCH3 is 1. The van der Waals surface area contributed by atoms with Gasteiger partial charge in [0.05, 0.1) is 42.4 Å². The molecule has 4 heterocycles. The quantitative estimate of drug-likeness (QED) is 0.112. The lowest BCUT2D eigenvalue weighted by atomic mass is 9.86. The average Bonchev–Trinajstić information content (AvgIpc) is 3.89. The van der Waals surface area contributed by atoms with E-state index in [-0.39, 0.29) is 46.9 Å². The summed E-state index contributed by atoms with van der Waals surface area (Å²) in [5.41, 5.74) is 1.06. The van der Waals surface area contributed by atoms with Gasteiger partial charge in [-0.2, -0.15) is 0 Å². The number of nitrogens with one attached hydrogen (secondary N) is 5. The molecule has 4 amide bonds. The Balaban J connectivity index is 1.13. The molecule has 2 aromatic rings. The number of amides is 4. The number of hydrogen-bond acceptors (Lipinski definition) is 10. The van der Waals surface area contributed by atoms with Crippen molar-refractivity contribution in [1.82, 2.24) is 35.8 Å². The average molecular weight is 871 g/mol. The highest BCUT2D eigenvalue weighted by atomic mass is 19.4. The molecular formula is C43H54F4N8O7. The molecule has 2 aliphatic carbocycles. The van der Waals surface area contributed by atoms with Crippen LogP contribution in [0.1, 0.15) is 94.1 Å². The minimum atomic E-state index is -5.05. The van der Waals surface area contributed by atoms with Crippen LogP contribution in [0.3, 0.4) is 0 Å². The van der Waals surface area contributed by atoms with Crippen LogP contribution in [0.15, 0.2) is 65.4 Å². The number of anilines is 1. The monoisotopic (exact) mass is 870 g/mol. The highest BCUT2D eigenvalue weighted by Gasteiger charge is 2.43. The Labute approximate surface area is 357 Å². The summed E-state index contributed by atoms with van der Waals surface area (Å²) in [7, 11) is 1.25. The van der Waals surface area contributed by atoms with Crippen LogP contribution in [-0.2, 0) is 23.8 Å². The van der Waals surface area contributed by atoms with Gasteiger partial charge in [-0.1, -0.05) is 39.8 Å². The number of aromatic amines is 1. The normalized spacial score (nSPS) is 21.7. The molecule has 6 rings (SSSR count). The van der Waals surface area contributed by atoms with Crippen LogP contribution in [0.4, 0.5) is 28.2 Å². The third-order valence-corrected chi connectivity index (χ3v) is 11.3. The summed E-state index contributed by atoms with van der Waals surface area (Å²) in [6.45, 7) is 9.58. The summed E-state index contributed by atoms with van der Waals surface area (Å²) < 4.78 is 71.6. The van der Waals surface area contributed by atoms with Crippen LogP contribution in [0.25, 0.3) is 5.57 Å². The fourth-order valence-electron chi connectivity index (χ4n) is 7.97. The van der Waals surface area contributed by atoms with Crippen LogP contribution in [0, 0.1) is 17.3 Å². The number of H-pyrrole nitrogens is 1. The molecule has 2 fully saturated rings. The molecule has 2 aromatic heterocycles. The van der Waals surface area contributed by atoms with Crippen LogP contribution in [-0.4, -0.2) is 102 Å². The Morgan fingerprint density at radius 3 is 2.39 bits per heavy atom. The zero-order valence-electron chi connectivity index (χ0n) is 35.4. The number of ether oxygens (including phenoxy) is 3. The van der Waals surface area contributed by atoms with Gasteiger partial charge in [0.2, 0.25) is 11.8 Å². The topological polar surface area (TPSA) is 189 Å². The number of pyridine rings is 1. The molecule has 0 radical (unpaired) electrons. The number of halogens is 4. The number of nitrogens with zero attached hydrogens (tertiary/aromatic N) is 3. The first-order chi connectivity index (χ1) is 29.4. The largest absolute Gasteiger partial charge is 0.523 e. The molecule has 336 valence electrons. The fourth-order valence-corrected chi connectivity index (χ4v) is 7.97. The molecular weight excluding hydrogens is 817 g/mol. The summed E-state index contributed by atoms with van der Waals surface area (Å²) in [4.78, 5) is 65.4. The maximum atomic E-state index is 15.6. The summed E-state index contributed by atoms with van der Waals surface area (Å²) >= 11 is 0. The van der Waals surface area contributed by atoms with Gasteiger partial charge in [-0.3, -0.25) is 19.1 Å². The van der Waals surface area contributed by atoms with E-state index in [0.717, 1.165) is 11.6 Å². The van der Waals surface area contributed by atoms with Crippen molar-refractivity contribution in [3.8, 4) is 0 Å². The van der Waals surface area contributed by atoms with Gasteiger partial charge in [-0.05, 0) is 78.9 Å². The first kappa shape index (κ1) is 46.0. The highest BCUT2D eigenvalue weighted by Crippen LogP contribution is 2.40. The number of likely N-dealkylation sites (tertiary alicyclic amines) is 1. The Morgan fingerprint density at radius 2 is 1.74 bits per heavy atom. The third kappa shape index (κ3) is 11.7. The maximum absolute atomic E-state index is 15.6. The lowest BCUT2D eigenvalue weighted by Gasteiger charge is -2.34. The van der Waals surface area contributed by atoms with Gasteiger partial charge in [0.25, 0.3) is 5.91 Å². The molecule has 19 heteroatoms. The van der Waals surface area contributed by atoms with Gasteiger partial charge >= 0.3 is 12.5 Å².